The quantitative estimate of drug-likeness (QED) is 0.369. The molecule has 4 rings (SSSR count). The first-order chi connectivity index (χ1) is 16.8. The van der Waals surface area contributed by atoms with Gasteiger partial charge in [0.15, 0.2) is 23.0 Å². The summed E-state index contributed by atoms with van der Waals surface area (Å²) in [5, 5.41) is 39.8. The van der Waals surface area contributed by atoms with Crippen LogP contribution in [0, 0.1) is 0 Å². The van der Waals surface area contributed by atoms with E-state index in [4.69, 9.17) is 28.1 Å². The van der Waals surface area contributed by atoms with Gasteiger partial charge in [0.05, 0.1) is 38.9 Å². The number of hydrogen-bond acceptors (Lipinski definition) is 11. The van der Waals surface area contributed by atoms with Crippen molar-refractivity contribution in [3.8, 4) is 34.1 Å². The van der Waals surface area contributed by atoms with Gasteiger partial charge >= 0.3 is 0 Å². The third-order valence-corrected chi connectivity index (χ3v) is 5.84. The van der Waals surface area contributed by atoms with Crippen LogP contribution in [0.1, 0.15) is 0 Å². The number of aliphatic hydroxyl groups is 4. The van der Waals surface area contributed by atoms with E-state index in [0.29, 0.717) is 17.1 Å². The summed E-state index contributed by atoms with van der Waals surface area (Å²) in [7, 11) is 4.37. The molecule has 0 unspecified atom stereocenters. The van der Waals surface area contributed by atoms with Crippen LogP contribution in [-0.2, 0) is 4.74 Å². The van der Waals surface area contributed by atoms with Gasteiger partial charge in [-0.25, -0.2) is 0 Å². The van der Waals surface area contributed by atoms with Crippen LogP contribution in [0.15, 0.2) is 45.8 Å². The van der Waals surface area contributed by atoms with Gasteiger partial charge in [-0.15, -0.1) is 0 Å². The Morgan fingerprint density at radius 1 is 0.857 bits per heavy atom. The summed E-state index contributed by atoms with van der Waals surface area (Å²) in [6, 6.07) is 7.84. The van der Waals surface area contributed by atoms with Gasteiger partial charge in [-0.3, -0.25) is 4.79 Å². The molecule has 1 aliphatic rings. The number of hydrogen-bond donors (Lipinski definition) is 4. The Hall–Kier alpha value is -3.35. The van der Waals surface area contributed by atoms with Gasteiger partial charge in [0, 0.05) is 6.07 Å². The summed E-state index contributed by atoms with van der Waals surface area (Å²) in [5.74, 6) is 1.14. The van der Waals surface area contributed by atoms with Crippen molar-refractivity contribution < 1.29 is 48.5 Å². The highest BCUT2D eigenvalue weighted by Crippen LogP contribution is 2.36. The Kier molecular flexibility index (Phi) is 7.15. The smallest absolute Gasteiger partial charge is 0.229 e. The first-order valence-corrected chi connectivity index (χ1v) is 10.7. The molecular weight excluding hydrogens is 464 g/mol. The van der Waals surface area contributed by atoms with E-state index in [-0.39, 0.29) is 33.5 Å². The first-order valence-electron chi connectivity index (χ1n) is 10.7. The Morgan fingerprint density at radius 3 is 2.20 bits per heavy atom. The van der Waals surface area contributed by atoms with Crippen LogP contribution in [0.2, 0.25) is 0 Å². The van der Waals surface area contributed by atoms with E-state index in [1.54, 1.807) is 18.2 Å². The number of ether oxygens (including phenoxy) is 5. The molecule has 2 aromatic carbocycles. The van der Waals surface area contributed by atoms with Gasteiger partial charge in [-0.1, -0.05) is 6.07 Å². The molecule has 1 aromatic heterocycles. The molecule has 5 atom stereocenters. The summed E-state index contributed by atoms with van der Waals surface area (Å²) in [6.07, 6.45) is -6.04. The maximum Gasteiger partial charge on any atom is 0.229 e. The largest absolute Gasteiger partial charge is 0.493 e. The molecule has 0 saturated carbocycles. The number of rotatable bonds is 7. The molecule has 11 heteroatoms. The Bertz CT molecular complexity index is 1250. The van der Waals surface area contributed by atoms with Crippen molar-refractivity contribution in [2.75, 3.05) is 27.9 Å². The predicted molar refractivity (Wildman–Crippen MR) is 122 cm³/mol. The number of aliphatic hydroxyl groups excluding tert-OH is 4. The van der Waals surface area contributed by atoms with Gasteiger partial charge in [0.25, 0.3) is 0 Å². The summed E-state index contributed by atoms with van der Waals surface area (Å²) >= 11 is 0. The van der Waals surface area contributed by atoms with Gasteiger partial charge in [0.1, 0.15) is 36.3 Å². The van der Waals surface area contributed by atoms with Crippen molar-refractivity contribution in [1.29, 1.82) is 0 Å². The number of methoxy groups -OCH3 is 3. The molecule has 188 valence electrons. The lowest BCUT2D eigenvalue weighted by atomic mass is 9.99. The van der Waals surface area contributed by atoms with Crippen LogP contribution < -0.4 is 24.4 Å². The van der Waals surface area contributed by atoms with Crippen LogP contribution in [-0.4, -0.2) is 79.1 Å². The zero-order valence-corrected chi connectivity index (χ0v) is 19.2. The second kappa shape index (κ2) is 10.1. The summed E-state index contributed by atoms with van der Waals surface area (Å²) in [4.78, 5) is 13.3. The number of benzene rings is 2. The molecule has 2 heterocycles. The SMILES string of the molecule is COc1ccc(-c2coc3cc(O[C@@H]4O[C@@H](CO)[C@@H](O)[C@H](O)[C@H]4O)c(OC)cc3c2=O)cc1OC. The van der Waals surface area contributed by atoms with E-state index < -0.39 is 37.3 Å². The van der Waals surface area contributed by atoms with Gasteiger partial charge < -0.3 is 48.5 Å². The minimum atomic E-state index is -1.62. The fourth-order valence-electron chi connectivity index (χ4n) is 3.88. The van der Waals surface area contributed by atoms with Crippen LogP contribution in [0.5, 0.6) is 23.0 Å². The molecule has 0 aliphatic carbocycles. The third kappa shape index (κ3) is 4.51. The summed E-state index contributed by atoms with van der Waals surface area (Å²) < 4.78 is 32.7. The fraction of sp³-hybridized carbons (Fsp3) is 0.375. The van der Waals surface area contributed by atoms with E-state index in [9.17, 15) is 25.2 Å². The zero-order valence-electron chi connectivity index (χ0n) is 19.2. The molecule has 0 radical (unpaired) electrons. The molecule has 1 saturated heterocycles. The molecule has 1 aliphatic heterocycles. The van der Waals surface area contributed by atoms with Crippen LogP contribution in [0.25, 0.3) is 22.1 Å². The molecule has 0 spiro atoms. The molecule has 4 N–H and O–H groups in total. The first kappa shape index (κ1) is 24.8. The van der Waals surface area contributed by atoms with Crippen molar-refractivity contribution in [3.63, 3.8) is 0 Å². The lowest BCUT2D eigenvalue weighted by Gasteiger charge is -2.39. The van der Waals surface area contributed by atoms with Crippen molar-refractivity contribution in [3.05, 3.63) is 46.8 Å². The standard InChI is InChI=1S/C24H26O11/c1-30-14-5-4-11(6-16(14)31-2)13-10-33-15-8-18(17(32-3)7-12(15)20(13)26)34-24-23(29)22(28)21(27)19(9-25)35-24/h4-8,10,19,21-25,27-29H,9H2,1-3H3/t19-,21+,22-,23+,24+/m0/s1. The van der Waals surface area contributed by atoms with Crippen LogP contribution in [0.4, 0.5) is 0 Å². The molecule has 3 aromatic rings. The van der Waals surface area contributed by atoms with Gasteiger partial charge in [-0.05, 0) is 23.8 Å². The summed E-state index contributed by atoms with van der Waals surface area (Å²) in [6.45, 7) is -0.604. The average Bonchev–Trinajstić information content (AvgIpc) is 2.88. The Labute approximate surface area is 199 Å². The molecule has 0 amide bonds. The normalized spacial score (nSPS) is 24.3. The maximum atomic E-state index is 13.3. The van der Waals surface area contributed by atoms with E-state index >= 15 is 0 Å². The molecule has 11 nitrogen and oxygen atoms in total. The van der Waals surface area contributed by atoms with E-state index in [1.807, 2.05) is 0 Å². The van der Waals surface area contributed by atoms with Crippen molar-refractivity contribution >= 4 is 11.0 Å². The summed E-state index contributed by atoms with van der Waals surface area (Å²) in [5.41, 5.74) is 0.665. The number of fused-ring (bicyclic) bond motifs is 1. The van der Waals surface area contributed by atoms with E-state index in [0.717, 1.165) is 0 Å². The highest BCUT2D eigenvalue weighted by atomic mass is 16.7. The zero-order chi connectivity index (χ0) is 25.3. The van der Waals surface area contributed by atoms with E-state index in [1.165, 1.54) is 39.7 Å². The predicted octanol–water partition coefficient (Wildman–Crippen LogP) is 0.665. The molecular formula is C24H26O11. The maximum absolute atomic E-state index is 13.3. The van der Waals surface area contributed by atoms with Crippen molar-refractivity contribution in [2.45, 2.75) is 30.7 Å². The minimum Gasteiger partial charge on any atom is -0.493 e. The third-order valence-electron chi connectivity index (χ3n) is 5.84. The highest BCUT2D eigenvalue weighted by Gasteiger charge is 2.45. The van der Waals surface area contributed by atoms with Gasteiger partial charge in [0.2, 0.25) is 11.7 Å². The van der Waals surface area contributed by atoms with Gasteiger partial charge in [-0.2, -0.15) is 0 Å². The second-order valence-electron chi connectivity index (χ2n) is 7.86. The fourth-order valence-corrected chi connectivity index (χ4v) is 3.88. The topological polar surface area (TPSA) is 157 Å². The second-order valence-corrected chi connectivity index (χ2v) is 7.86. The molecule has 35 heavy (non-hydrogen) atoms. The highest BCUT2D eigenvalue weighted by molar-refractivity contribution is 5.85. The lowest BCUT2D eigenvalue weighted by Crippen LogP contribution is -2.60. The van der Waals surface area contributed by atoms with E-state index in [2.05, 4.69) is 0 Å². The molecule has 0 bridgehead atoms. The lowest BCUT2D eigenvalue weighted by molar-refractivity contribution is -0.277. The van der Waals surface area contributed by atoms with Crippen LogP contribution in [0.3, 0.4) is 0 Å². The van der Waals surface area contributed by atoms with Crippen molar-refractivity contribution in [1.82, 2.24) is 0 Å². The monoisotopic (exact) mass is 490 g/mol. The average molecular weight is 490 g/mol. The van der Waals surface area contributed by atoms with Crippen LogP contribution >= 0.6 is 0 Å². The minimum absolute atomic E-state index is 0.0475. The van der Waals surface area contributed by atoms with Crippen molar-refractivity contribution in [2.24, 2.45) is 0 Å². The molecule has 1 fully saturated rings. The Balaban J connectivity index is 1.72. The Morgan fingerprint density at radius 2 is 1.54 bits per heavy atom.